The van der Waals surface area contributed by atoms with E-state index in [1.54, 1.807) is 0 Å². The minimum absolute atomic E-state index is 1.12. The van der Waals surface area contributed by atoms with Gasteiger partial charge in [-0.15, -0.1) is 0 Å². The normalized spacial score (nSPS) is 15.2. The van der Waals surface area contributed by atoms with Gasteiger partial charge < -0.3 is 20.6 Å². The monoisotopic (exact) mass is 444 g/mol. The fraction of sp³-hybridized carbons (Fsp3) is 1.00. The lowest BCUT2D eigenvalue weighted by atomic mass is 11.8. The average Bonchev–Trinajstić information content (AvgIpc) is 2.00. The molecule has 24 heavy (non-hydrogen) atoms. The Hall–Kier alpha value is 1.10. The van der Waals surface area contributed by atoms with Crippen molar-refractivity contribution in [3.63, 3.8) is 0 Å². The second-order valence-corrected chi connectivity index (χ2v) is 31.0. The van der Waals surface area contributed by atoms with E-state index in [-0.39, 0.29) is 0 Å². The van der Waals surface area contributed by atoms with Crippen LogP contribution in [-0.2, 0) is 20.6 Å². The molecule has 0 aromatic carbocycles. The molecule has 146 valence electrons. The van der Waals surface area contributed by atoms with Gasteiger partial charge in [-0.3, -0.25) is 0 Å². The maximum atomic E-state index is 6.47. The van der Waals surface area contributed by atoms with Crippen LogP contribution in [0.15, 0.2) is 0 Å². The first-order valence-electron chi connectivity index (χ1n) is 8.73. The predicted molar refractivity (Wildman–Crippen MR) is 118 cm³/mol. The minimum Gasteiger partial charge on any atom is -0.440 e. The van der Waals surface area contributed by atoms with Crippen molar-refractivity contribution in [1.82, 2.24) is 0 Å². The van der Waals surface area contributed by atoms with E-state index in [2.05, 4.69) is 85.1 Å². The van der Waals surface area contributed by atoms with E-state index in [1.807, 2.05) is 0 Å². The highest BCUT2D eigenvalue weighted by atomic mass is 28.5. The summed E-state index contributed by atoms with van der Waals surface area (Å²) in [6.45, 7) is 27.8. The van der Waals surface area contributed by atoms with E-state index in [9.17, 15) is 0 Å². The highest BCUT2D eigenvalue weighted by molar-refractivity contribution is 6.90. The van der Waals surface area contributed by atoms with E-state index >= 15 is 0 Å². The molecule has 0 unspecified atom stereocenters. The predicted octanol–water partition coefficient (Wildman–Crippen LogP) is 4.69. The summed E-state index contributed by atoms with van der Waals surface area (Å²) in [6.07, 6.45) is 0. The number of hydrogen-bond donors (Lipinski definition) is 0. The summed E-state index contributed by atoms with van der Waals surface area (Å²) in [6, 6.07) is 0. The second kappa shape index (κ2) is 8.41. The van der Waals surface area contributed by atoms with Crippen LogP contribution in [0.2, 0.25) is 85.1 Å². The second-order valence-electron chi connectivity index (χ2n) is 9.29. The van der Waals surface area contributed by atoms with Gasteiger partial charge >= 0.3 is 34.2 Å². The molecule has 0 aromatic heterocycles. The van der Waals surface area contributed by atoms with Crippen molar-refractivity contribution in [3.8, 4) is 0 Å². The average molecular weight is 445 g/mol. The molecule has 0 amide bonds. The summed E-state index contributed by atoms with van der Waals surface area (Å²) < 4.78 is 31.7. The van der Waals surface area contributed by atoms with Crippen LogP contribution in [-0.4, -0.2) is 51.6 Å². The van der Waals surface area contributed by atoms with Crippen LogP contribution in [0.4, 0.5) is 0 Å². The summed E-state index contributed by atoms with van der Waals surface area (Å²) in [4.78, 5) is 0. The zero-order valence-corrected chi connectivity index (χ0v) is 24.3. The Balaban J connectivity index is 4.94. The van der Waals surface area contributed by atoms with Crippen molar-refractivity contribution < 1.29 is 20.6 Å². The Morgan fingerprint density at radius 3 is 1.04 bits per heavy atom. The molecule has 0 atom stereocenters. The van der Waals surface area contributed by atoms with Crippen LogP contribution < -0.4 is 0 Å². The Morgan fingerprint density at radius 1 is 0.458 bits per heavy atom. The molecule has 0 aliphatic rings. The molecule has 0 radical (unpaired) electrons. The maximum Gasteiger partial charge on any atom is 0.314 e. The lowest BCUT2D eigenvalue weighted by Gasteiger charge is -2.42. The van der Waals surface area contributed by atoms with Gasteiger partial charge in [0.25, 0.3) is 0 Å². The fourth-order valence-corrected chi connectivity index (χ4v) is 30.1. The van der Waals surface area contributed by atoms with E-state index in [4.69, 9.17) is 20.6 Å². The number of hydrogen-bond acceptors (Lipinski definition) is 5. The highest BCUT2D eigenvalue weighted by Gasteiger charge is 2.45. The van der Waals surface area contributed by atoms with Crippen molar-refractivity contribution in [2.24, 2.45) is 0 Å². The smallest absolute Gasteiger partial charge is 0.314 e. The fourth-order valence-electron chi connectivity index (χ4n) is 3.17. The van der Waals surface area contributed by atoms with Crippen molar-refractivity contribution >= 4 is 51.6 Å². The standard InChI is InChI=1S/C13H40O5Si6/c1-19(2)14-21(6,7)16-23(10,11)18-24(12,13)17-22(8,9)15-20(3,4)5/h19H,1-13H3. The summed E-state index contributed by atoms with van der Waals surface area (Å²) in [7, 11) is -11.8. The Bertz CT molecular complexity index is 406. The summed E-state index contributed by atoms with van der Waals surface area (Å²) in [5, 5.41) is 0. The molecular weight excluding hydrogens is 405 g/mol. The summed E-state index contributed by atoms with van der Waals surface area (Å²) in [5.74, 6) is 0. The largest absolute Gasteiger partial charge is 0.440 e. The topological polar surface area (TPSA) is 46.2 Å². The third kappa shape index (κ3) is 12.5. The molecule has 0 rings (SSSR count). The Labute approximate surface area is 157 Å². The van der Waals surface area contributed by atoms with Gasteiger partial charge in [0.1, 0.15) is 0 Å². The molecule has 0 aromatic rings. The van der Waals surface area contributed by atoms with Gasteiger partial charge in [0.15, 0.2) is 17.4 Å². The van der Waals surface area contributed by atoms with E-state index in [0.29, 0.717) is 0 Å². The quantitative estimate of drug-likeness (QED) is 0.457. The molecule has 0 aliphatic heterocycles. The zero-order chi connectivity index (χ0) is 19.6. The van der Waals surface area contributed by atoms with Crippen molar-refractivity contribution in [2.45, 2.75) is 85.1 Å². The van der Waals surface area contributed by atoms with Crippen molar-refractivity contribution in [2.75, 3.05) is 0 Å². The Kier molecular flexibility index (Phi) is 8.80. The van der Waals surface area contributed by atoms with E-state index < -0.39 is 51.6 Å². The Morgan fingerprint density at radius 2 is 0.750 bits per heavy atom. The summed E-state index contributed by atoms with van der Waals surface area (Å²) >= 11 is 0. The van der Waals surface area contributed by atoms with Crippen LogP contribution in [0.1, 0.15) is 0 Å². The molecule has 0 bridgehead atoms. The van der Waals surface area contributed by atoms with Crippen LogP contribution in [0, 0.1) is 0 Å². The van der Waals surface area contributed by atoms with Gasteiger partial charge in [-0.05, 0) is 85.1 Å². The van der Waals surface area contributed by atoms with Gasteiger partial charge in [-0.25, -0.2) is 0 Å². The van der Waals surface area contributed by atoms with Gasteiger partial charge in [-0.1, -0.05) is 0 Å². The molecule has 0 saturated heterocycles. The first kappa shape index (κ1) is 25.1. The molecule has 0 N–H and O–H groups in total. The first-order valence-corrected chi connectivity index (χ1v) is 26.2. The lowest BCUT2D eigenvalue weighted by Crippen LogP contribution is -2.59. The van der Waals surface area contributed by atoms with Gasteiger partial charge in [-0.2, -0.15) is 0 Å². The lowest BCUT2D eigenvalue weighted by molar-refractivity contribution is 0.284. The molecular formula is C13H40O5Si6. The van der Waals surface area contributed by atoms with Crippen LogP contribution in [0.3, 0.4) is 0 Å². The molecule has 5 nitrogen and oxygen atoms in total. The van der Waals surface area contributed by atoms with Crippen LogP contribution >= 0.6 is 0 Å². The third-order valence-electron chi connectivity index (χ3n) is 2.55. The number of rotatable bonds is 10. The van der Waals surface area contributed by atoms with Crippen LogP contribution in [0.5, 0.6) is 0 Å². The SMILES string of the molecule is C[SiH](C)O[Si](C)(C)O[Si](C)(C)O[Si](C)(C)O[Si](C)(C)O[Si](C)(C)C. The van der Waals surface area contributed by atoms with Crippen molar-refractivity contribution in [3.05, 3.63) is 0 Å². The molecule has 11 heteroatoms. The molecule has 0 spiro atoms. The molecule has 0 saturated carbocycles. The minimum atomic E-state index is -2.34. The summed E-state index contributed by atoms with van der Waals surface area (Å²) in [5.41, 5.74) is 0. The van der Waals surface area contributed by atoms with Gasteiger partial charge in [0.2, 0.25) is 0 Å². The third-order valence-corrected chi connectivity index (χ3v) is 22.9. The molecule has 0 aliphatic carbocycles. The van der Waals surface area contributed by atoms with Crippen LogP contribution in [0.25, 0.3) is 0 Å². The zero-order valence-electron chi connectivity index (χ0n) is 18.1. The van der Waals surface area contributed by atoms with E-state index in [1.165, 1.54) is 0 Å². The van der Waals surface area contributed by atoms with Crippen molar-refractivity contribution in [1.29, 1.82) is 0 Å². The van der Waals surface area contributed by atoms with E-state index in [0.717, 1.165) is 0 Å². The molecule has 0 fully saturated rings. The highest BCUT2D eigenvalue weighted by Crippen LogP contribution is 2.26. The maximum absolute atomic E-state index is 6.47. The molecule has 0 heterocycles. The first-order chi connectivity index (χ1) is 10.2. The van der Waals surface area contributed by atoms with Gasteiger partial charge in [0.05, 0.1) is 0 Å². The van der Waals surface area contributed by atoms with Gasteiger partial charge in [0, 0.05) is 0 Å².